The first-order valence-corrected chi connectivity index (χ1v) is 7.82. The van der Waals surface area contributed by atoms with Crippen molar-refractivity contribution >= 4 is 29.1 Å². The van der Waals surface area contributed by atoms with Crippen LogP contribution < -0.4 is 0 Å². The topological polar surface area (TPSA) is 38.1 Å². The second-order valence-corrected chi connectivity index (χ2v) is 6.23. The van der Waals surface area contributed by atoms with Crippen LogP contribution in [0.15, 0.2) is 24.5 Å². The van der Waals surface area contributed by atoms with Crippen LogP contribution in [0.5, 0.6) is 0 Å². The molecule has 0 unspecified atom stereocenters. The maximum atomic E-state index is 12.4. The molecule has 0 fully saturated rings. The Bertz CT molecular complexity index is 659. The number of aryl methyl sites for hydroxylation is 2. The van der Waals surface area contributed by atoms with Crippen LogP contribution in [0.1, 0.15) is 27.9 Å². The molecule has 6 heteroatoms. The van der Waals surface area contributed by atoms with Gasteiger partial charge < -0.3 is 4.90 Å². The van der Waals surface area contributed by atoms with Gasteiger partial charge in [0.15, 0.2) is 0 Å². The molecule has 1 aromatic heterocycles. The molecule has 0 saturated heterocycles. The first-order valence-electron chi connectivity index (χ1n) is 7.07. The third kappa shape index (κ3) is 4.02. The Morgan fingerprint density at radius 2 is 1.95 bits per heavy atom. The molecule has 2 rings (SSSR count). The lowest BCUT2D eigenvalue weighted by Gasteiger charge is -2.17. The Balaban J connectivity index is 1.94. The molecule has 0 spiro atoms. The quantitative estimate of drug-likeness (QED) is 0.832. The van der Waals surface area contributed by atoms with Crippen LogP contribution in [0.4, 0.5) is 0 Å². The highest BCUT2D eigenvalue weighted by molar-refractivity contribution is 6.36. The van der Waals surface area contributed by atoms with Crippen molar-refractivity contribution in [3.63, 3.8) is 0 Å². The number of hydrogen-bond acceptors (Lipinski definition) is 2. The molecule has 0 atom stereocenters. The van der Waals surface area contributed by atoms with Crippen molar-refractivity contribution in [3.05, 3.63) is 51.3 Å². The van der Waals surface area contributed by atoms with Crippen molar-refractivity contribution in [2.75, 3.05) is 13.6 Å². The van der Waals surface area contributed by atoms with Crippen LogP contribution in [0.25, 0.3) is 0 Å². The number of aromatic nitrogens is 2. The van der Waals surface area contributed by atoms with Gasteiger partial charge in [-0.1, -0.05) is 23.2 Å². The number of hydrogen-bond donors (Lipinski definition) is 0. The van der Waals surface area contributed by atoms with E-state index in [4.69, 9.17) is 23.2 Å². The standard InChI is InChI=1S/C16H19Cl2N3O/c1-11-14(17)7-13(8-15(11)18)16(22)20(2)6-4-5-12-9-19-21(3)10-12/h7-10H,4-6H2,1-3H3. The summed E-state index contributed by atoms with van der Waals surface area (Å²) in [6.07, 6.45) is 5.60. The summed E-state index contributed by atoms with van der Waals surface area (Å²) in [5, 5.41) is 5.16. The maximum absolute atomic E-state index is 12.4. The molecule has 0 radical (unpaired) electrons. The van der Waals surface area contributed by atoms with Gasteiger partial charge in [0.25, 0.3) is 5.91 Å². The minimum Gasteiger partial charge on any atom is -0.342 e. The molecule has 0 saturated carbocycles. The predicted molar refractivity (Wildman–Crippen MR) is 89.7 cm³/mol. The first kappa shape index (κ1) is 16.8. The predicted octanol–water partition coefficient (Wildman–Crippen LogP) is 3.74. The molecule has 22 heavy (non-hydrogen) atoms. The molecule has 4 nitrogen and oxygen atoms in total. The fraction of sp³-hybridized carbons (Fsp3) is 0.375. The second-order valence-electron chi connectivity index (χ2n) is 5.42. The van der Waals surface area contributed by atoms with E-state index >= 15 is 0 Å². The van der Waals surface area contributed by atoms with Gasteiger partial charge in [-0.2, -0.15) is 5.10 Å². The van der Waals surface area contributed by atoms with Crippen LogP contribution in [0.3, 0.4) is 0 Å². The van der Waals surface area contributed by atoms with Gasteiger partial charge in [0.05, 0.1) is 6.20 Å². The molecule has 1 heterocycles. The summed E-state index contributed by atoms with van der Waals surface area (Å²) in [4.78, 5) is 14.1. The molecule has 0 aliphatic rings. The van der Waals surface area contributed by atoms with Crippen LogP contribution in [-0.4, -0.2) is 34.2 Å². The number of benzene rings is 1. The van der Waals surface area contributed by atoms with Crippen molar-refractivity contribution < 1.29 is 4.79 Å². The molecule has 1 amide bonds. The van der Waals surface area contributed by atoms with E-state index in [1.807, 2.05) is 26.4 Å². The van der Waals surface area contributed by atoms with Gasteiger partial charge in [0.1, 0.15) is 0 Å². The molecule has 118 valence electrons. The highest BCUT2D eigenvalue weighted by atomic mass is 35.5. The highest BCUT2D eigenvalue weighted by Gasteiger charge is 2.14. The third-order valence-corrected chi connectivity index (χ3v) is 4.38. The van der Waals surface area contributed by atoms with E-state index in [0.29, 0.717) is 22.2 Å². The number of halogens is 2. The summed E-state index contributed by atoms with van der Waals surface area (Å²) in [5.41, 5.74) is 2.48. The lowest BCUT2D eigenvalue weighted by Crippen LogP contribution is -2.28. The van der Waals surface area contributed by atoms with Gasteiger partial charge in [-0.3, -0.25) is 9.48 Å². The number of amides is 1. The zero-order chi connectivity index (χ0) is 16.3. The summed E-state index contributed by atoms with van der Waals surface area (Å²) < 4.78 is 1.78. The number of carbonyl (C=O) groups is 1. The summed E-state index contributed by atoms with van der Waals surface area (Å²) in [6.45, 7) is 2.49. The third-order valence-electron chi connectivity index (χ3n) is 3.59. The molecule has 1 aromatic carbocycles. The summed E-state index contributed by atoms with van der Waals surface area (Å²) >= 11 is 12.2. The molecule has 0 aliphatic carbocycles. The summed E-state index contributed by atoms with van der Waals surface area (Å²) in [7, 11) is 3.68. The smallest absolute Gasteiger partial charge is 0.253 e. The van der Waals surface area contributed by atoms with E-state index in [1.54, 1.807) is 28.8 Å². The van der Waals surface area contributed by atoms with E-state index in [0.717, 1.165) is 18.4 Å². The van der Waals surface area contributed by atoms with Crippen molar-refractivity contribution in [2.45, 2.75) is 19.8 Å². The Morgan fingerprint density at radius 3 is 2.50 bits per heavy atom. The van der Waals surface area contributed by atoms with Gasteiger partial charge in [-0.05, 0) is 43.0 Å². The number of carbonyl (C=O) groups excluding carboxylic acids is 1. The lowest BCUT2D eigenvalue weighted by atomic mass is 10.1. The molecule has 0 aliphatic heterocycles. The van der Waals surface area contributed by atoms with E-state index in [9.17, 15) is 4.79 Å². The van der Waals surface area contributed by atoms with Gasteiger partial charge in [-0.15, -0.1) is 0 Å². The Kier molecular flexibility index (Phi) is 5.48. The van der Waals surface area contributed by atoms with Crippen molar-refractivity contribution in [2.24, 2.45) is 7.05 Å². The lowest BCUT2D eigenvalue weighted by molar-refractivity contribution is 0.0793. The fourth-order valence-corrected chi connectivity index (χ4v) is 2.70. The number of nitrogens with zero attached hydrogens (tertiary/aromatic N) is 3. The average molecular weight is 340 g/mol. The maximum Gasteiger partial charge on any atom is 0.253 e. The Labute approximate surface area is 140 Å². The highest BCUT2D eigenvalue weighted by Crippen LogP contribution is 2.26. The minimum atomic E-state index is -0.0741. The van der Waals surface area contributed by atoms with E-state index < -0.39 is 0 Å². The average Bonchev–Trinajstić information content (AvgIpc) is 2.88. The van der Waals surface area contributed by atoms with Crippen LogP contribution >= 0.6 is 23.2 Å². The van der Waals surface area contributed by atoms with Crippen LogP contribution in [-0.2, 0) is 13.5 Å². The summed E-state index contributed by atoms with van der Waals surface area (Å²) in [6, 6.07) is 3.34. The van der Waals surface area contributed by atoms with Gasteiger partial charge in [-0.25, -0.2) is 0 Å². The van der Waals surface area contributed by atoms with Crippen molar-refractivity contribution in [1.29, 1.82) is 0 Å². The number of rotatable bonds is 5. The Morgan fingerprint density at radius 1 is 1.32 bits per heavy atom. The van der Waals surface area contributed by atoms with Gasteiger partial charge >= 0.3 is 0 Å². The monoisotopic (exact) mass is 339 g/mol. The molecular weight excluding hydrogens is 321 g/mol. The van der Waals surface area contributed by atoms with E-state index in [2.05, 4.69) is 5.10 Å². The van der Waals surface area contributed by atoms with E-state index in [1.165, 1.54) is 5.56 Å². The second kappa shape index (κ2) is 7.16. The fourth-order valence-electron chi connectivity index (χ4n) is 2.21. The largest absolute Gasteiger partial charge is 0.342 e. The van der Waals surface area contributed by atoms with Gasteiger partial charge in [0, 0.05) is 42.4 Å². The van der Waals surface area contributed by atoms with Crippen molar-refractivity contribution in [1.82, 2.24) is 14.7 Å². The normalized spacial score (nSPS) is 10.8. The Hall–Kier alpha value is -1.52. The zero-order valence-corrected chi connectivity index (χ0v) is 14.4. The van der Waals surface area contributed by atoms with Crippen LogP contribution in [0, 0.1) is 6.92 Å². The van der Waals surface area contributed by atoms with E-state index in [-0.39, 0.29) is 5.91 Å². The first-order chi connectivity index (χ1) is 10.4. The molecule has 2 aromatic rings. The molecule has 0 bridgehead atoms. The zero-order valence-electron chi connectivity index (χ0n) is 12.9. The van der Waals surface area contributed by atoms with Gasteiger partial charge in [0.2, 0.25) is 0 Å². The molecular formula is C16H19Cl2N3O. The van der Waals surface area contributed by atoms with Crippen molar-refractivity contribution in [3.8, 4) is 0 Å². The van der Waals surface area contributed by atoms with Crippen LogP contribution in [0.2, 0.25) is 10.0 Å². The minimum absolute atomic E-state index is 0.0741. The summed E-state index contributed by atoms with van der Waals surface area (Å²) in [5.74, 6) is -0.0741. The molecule has 0 N–H and O–H groups in total. The SMILES string of the molecule is Cc1c(Cl)cc(C(=O)N(C)CCCc2cnn(C)c2)cc1Cl.